The van der Waals surface area contributed by atoms with Crippen LogP contribution >= 0.6 is 24.0 Å². The number of guanidine groups is 1. The van der Waals surface area contributed by atoms with E-state index in [0.717, 1.165) is 24.9 Å². The van der Waals surface area contributed by atoms with Gasteiger partial charge >= 0.3 is 0 Å². The molecule has 0 spiro atoms. The van der Waals surface area contributed by atoms with Gasteiger partial charge in [0.1, 0.15) is 5.82 Å². The molecule has 0 amide bonds. The van der Waals surface area contributed by atoms with E-state index in [1.165, 1.54) is 6.07 Å². The lowest BCUT2D eigenvalue weighted by atomic mass is 9.96. The molecule has 0 saturated heterocycles. The highest BCUT2D eigenvalue weighted by molar-refractivity contribution is 14.0. The molecule has 1 aliphatic carbocycles. The van der Waals surface area contributed by atoms with Crippen LogP contribution in [0.5, 0.6) is 0 Å². The SMILES string of the molecule is CC(C)CNC(N)=NCC1(c2cccc(F)c2)CC1.I. The highest BCUT2D eigenvalue weighted by Crippen LogP contribution is 2.48. The second kappa shape index (κ2) is 7.24. The third-order valence-electron chi connectivity index (χ3n) is 3.53. The molecule has 5 heteroatoms. The Balaban J connectivity index is 0.00000200. The van der Waals surface area contributed by atoms with Crippen LogP contribution in [0.25, 0.3) is 0 Å². The smallest absolute Gasteiger partial charge is 0.188 e. The van der Waals surface area contributed by atoms with Crippen molar-refractivity contribution in [1.29, 1.82) is 0 Å². The standard InChI is InChI=1S/C15H22FN3.HI/c1-11(2)9-18-14(17)19-10-15(6-7-15)12-4-3-5-13(16)8-12;/h3-5,8,11H,6-7,9-10H2,1-2H3,(H3,17,18,19);1H. The van der Waals surface area contributed by atoms with Crippen molar-refractivity contribution in [2.45, 2.75) is 32.1 Å². The van der Waals surface area contributed by atoms with Crippen LogP contribution in [0.2, 0.25) is 0 Å². The van der Waals surface area contributed by atoms with Gasteiger partial charge in [-0.2, -0.15) is 0 Å². The van der Waals surface area contributed by atoms with E-state index in [1.807, 2.05) is 6.07 Å². The summed E-state index contributed by atoms with van der Waals surface area (Å²) >= 11 is 0. The Labute approximate surface area is 137 Å². The first-order valence-corrected chi connectivity index (χ1v) is 6.82. The van der Waals surface area contributed by atoms with E-state index in [9.17, 15) is 4.39 Å². The first kappa shape index (κ1) is 17.2. The molecule has 2 rings (SSSR count). The minimum Gasteiger partial charge on any atom is -0.370 e. The number of nitrogens with zero attached hydrogens (tertiary/aromatic N) is 1. The van der Waals surface area contributed by atoms with Crippen LogP contribution in [0.4, 0.5) is 4.39 Å². The van der Waals surface area contributed by atoms with E-state index in [2.05, 4.69) is 24.2 Å². The number of halogens is 2. The number of benzene rings is 1. The first-order valence-electron chi connectivity index (χ1n) is 6.82. The maximum atomic E-state index is 13.3. The minimum atomic E-state index is -0.182. The Morgan fingerprint density at radius 1 is 1.45 bits per heavy atom. The van der Waals surface area contributed by atoms with Crippen LogP contribution < -0.4 is 11.1 Å². The van der Waals surface area contributed by atoms with E-state index >= 15 is 0 Å². The topological polar surface area (TPSA) is 50.4 Å². The maximum Gasteiger partial charge on any atom is 0.188 e. The van der Waals surface area contributed by atoms with Gasteiger partial charge in [-0.05, 0) is 36.5 Å². The zero-order valence-electron chi connectivity index (χ0n) is 12.0. The molecule has 0 aromatic heterocycles. The van der Waals surface area contributed by atoms with Crippen molar-refractivity contribution in [2.24, 2.45) is 16.6 Å². The monoisotopic (exact) mass is 391 g/mol. The largest absolute Gasteiger partial charge is 0.370 e. The normalized spacial score (nSPS) is 16.7. The first-order chi connectivity index (χ1) is 9.02. The van der Waals surface area contributed by atoms with Gasteiger partial charge in [-0.1, -0.05) is 26.0 Å². The summed E-state index contributed by atoms with van der Waals surface area (Å²) in [7, 11) is 0. The van der Waals surface area contributed by atoms with Gasteiger partial charge < -0.3 is 11.1 Å². The second-order valence-electron chi connectivity index (χ2n) is 5.77. The number of rotatable bonds is 5. The lowest BCUT2D eigenvalue weighted by Crippen LogP contribution is -2.35. The van der Waals surface area contributed by atoms with Crippen molar-refractivity contribution in [2.75, 3.05) is 13.1 Å². The summed E-state index contributed by atoms with van der Waals surface area (Å²) in [6.45, 7) is 5.69. The summed E-state index contributed by atoms with van der Waals surface area (Å²) in [4.78, 5) is 4.40. The molecule has 3 N–H and O–H groups in total. The van der Waals surface area contributed by atoms with E-state index in [0.29, 0.717) is 18.4 Å². The van der Waals surface area contributed by atoms with E-state index in [4.69, 9.17) is 5.73 Å². The Hall–Kier alpha value is -0.850. The number of hydrogen-bond acceptors (Lipinski definition) is 1. The van der Waals surface area contributed by atoms with Crippen LogP contribution in [0.3, 0.4) is 0 Å². The second-order valence-corrected chi connectivity index (χ2v) is 5.77. The number of aliphatic imine (C=N–C) groups is 1. The molecule has 1 aromatic carbocycles. The average Bonchev–Trinajstić information content (AvgIpc) is 3.15. The van der Waals surface area contributed by atoms with Crippen molar-refractivity contribution in [3.63, 3.8) is 0 Å². The Morgan fingerprint density at radius 2 is 2.15 bits per heavy atom. The van der Waals surface area contributed by atoms with Crippen molar-refractivity contribution in [3.8, 4) is 0 Å². The van der Waals surface area contributed by atoms with Gasteiger partial charge in [0.2, 0.25) is 0 Å². The summed E-state index contributed by atoms with van der Waals surface area (Å²) < 4.78 is 13.3. The zero-order chi connectivity index (χ0) is 13.9. The summed E-state index contributed by atoms with van der Waals surface area (Å²) in [5, 5.41) is 3.10. The van der Waals surface area contributed by atoms with Crippen LogP contribution in [0, 0.1) is 11.7 Å². The molecular formula is C15H23FIN3. The number of nitrogens with two attached hydrogens (primary N) is 1. The van der Waals surface area contributed by atoms with E-state index < -0.39 is 0 Å². The van der Waals surface area contributed by atoms with Crippen molar-refractivity contribution in [1.82, 2.24) is 5.32 Å². The van der Waals surface area contributed by atoms with Gasteiger partial charge in [-0.15, -0.1) is 24.0 Å². The van der Waals surface area contributed by atoms with E-state index in [1.54, 1.807) is 12.1 Å². The quantitative estimate of drug-likeness (QED) is 0.461. The van der Waals surface area contributed by atoms with Gasteiger partial charge in [0.05, 0.1) is 6.54 Å². The fourth-order valence-electron chi connectivity index (χ4n) is 2.11. The molecule has 3 nitrogen and oxygen atoms in total. The van der Waals surface area contributed by atoms with Gasteiger partial charge in [0.25, 0.3) is 0 Å². The van der Waals surface area contributed by atoms with Crippen LogP contribution in [-0.2, 0) is 5.41 Å². The summed E-state index contributed by atoms with van der Waals surface area (Å²) in [6, 6.07) is 6.82. The van der Waals surface area contributed by atoms with Crippen LogP contribution in [-0.4, -0.2) is 19.0 Å². The van der Waals surface area contributed by atoms with Gasteiger partial charge in [0, 0.05) is 12.0 Å². The van der Waals surface area contributed by atoms with Crippen LogP contribution in [0.15, 0.2) is 29.3 Å². The lowest BCUT2D eigenvalue weighted by Gasteiger charge is -2.14. The van der Waals surface area contributed by atoms with Gasteiger partial charge in [-0.25, -0.2) is 4.39 Å². The molecule has 0 atom stereocenters. The average molecular weight is 391 g/mol. The highest BCUT2D eigenvalue weighted by atomic mass is 127. The minimum absolute atomic E-state index is 0. The third-order valence-corrected chi connectivity index (χ3v) is 3.53. The van der Waals surface area contributed by atoms with Crippen molar-refractivity contribution >= 4 is 29.9 Å². The summed E-state index contributed by atoms with van der Waals surface area (Å²) in [5.74, 6) is 0.835. The number of nitrogens with one attached hydrogen (secondary N) is 1. The molecule has 0 aliphatic heterocycles. The van der Waals surface area contributed by atoms with Crippen molar-refractivity contribution in [3.05, 3.63) is 35.6 Å². The Kier molecular flexibility index (Phi) is 6.23. The molecule has 1 aliphatic rings. The highest BCUT2D eigenvalue weighted by Gasteiger charge is 2.44. The molecule has 20 heavy (non-hydrogen) atoms. The molecule has 0 heterocycles. The van der Waals surface area contributed by atoms with Gasteiger partial charge in [-0.3, -0.25) is 4.99 Å². The molecule has 0 radical (unpaired) electrons. The molecule has 1 saturated carbocycles. The lowest BCUT2D eigenvalue weighted by molar-refractivity contribution is 0.611. The summed E-state index contributed by atoms with van der Waals surface area (Å²) in [5.41, 5.74) is 6.87. The zero-order valence-corrected chi connectivity index (χ0v) is 14.4. The molecule has 0 unspecified atom stereocenters. The fraction of sp³-hybridized carbons (Fsp3) is 0.533. The molecule has 1 fully saturated rings. The molecular weight excluding hydrogens is 368 g/mol. The Bertz CT molecular complexity index is 470. The summed E-state index contributed by atoms with van der Waals surface area (Å²) in [6.07, 6.45) is 2.11. The fourth-order valence-corrected chi connectivity index (χ4v) is 2.11. The molecule has 112 valence electrons. The van der Waals surface area contributed by atoms with E-state index in [-0.39, 0.29) is 35.2 Å². The van der Waals surface area contributed by atoms with Crippen LogP contribution in [0.1, 0.15) is 32.3 Å². The molecule has 1 aromatic rings. The predicted octanol–water partition coefficient (Wildman–Crippen LogP) is 3.04. The Morgan fingerprint density at radius 3 is 2.70 bits per heavy atom. The maximum absolute atomic E-state index is 13.3. The number of hydrogen-bond donors (Lipinski definition) is 2. The van der Waals surface area contributed by atoms with Gasteiger partial charge in [0.15, 0.2) is 5.96 Å². The third kappa shape index (κ3) is 4.61. The predicted molar refractivity (Wildman–Crippen MR) is 92.1 cm³/mol. The van der Waals surface area contributed by atoms with Crippen molar-refractivity contribution < 1.29 is 4.39 Å². The molecule has 0 bridgehead atoms.